The van der Waals surface area contributed by atoms with Gasteiger partial charge in [0.2, 0.25) is 0 Å². The second-order valence-corrected chi connectivity index (χ2v) is 8.20. The minimum atomic E-state index is 0.344. The highest BCUT2D eigenvalue weighted by Gasteiger charge is 2.30. The minimum absolute atomic E-state index is 0.344. The molecule has 19 heavy (non-hydrogen) atoms. The molecule has 1 N–H and O–H groups in total. The molecule has 1 aliphatic carbocycles. The first kappa shape index (κ1) is 17.0. The minimum Gasteiger partial charge on any atom is -0.385 e. The van der Waals surface area contributed by atoms with E-state index < -0.39 is 0 Å². The molecule has 0 unspecified atom stereocenters. The summed E-state index contributed by atoms with van der Waals surface area (Å²) in [6.45, 7) is 13.8. The zero-order valence-electron chi connectivity index (χ0n) is 14.0. The zero-order chi connectivity index (χ0) is 14.5. The molecular formula is C17H35NO. The van der Waals surface area contributed by atoms with Crippen molar-refractivity contribution in [1.29, 1.82) is 0 Å². The number of hydrogen-bond donors (Lipinski definition) is 1. The Morgan fingerprint density at radius 1 is 1.00 bits per heavy atom. The van der Waals surface area contributed by atoms with Crippen LogP contribution in [0.4, 0.5) is 0 Å². The van der Waals surface area contributed by atoms with Gasteiger partial charge in [0.25, 0.3) is 0 Å². The van der Waals surface area contributed by atoms with Gasteiger partial charge in [-0.25, -0.2) is 0 Å². The standard InChI is InChI=1S/C17H35NO/c1-16(2,3)14-7-9-15(10-8-14)18-13-17(4,5)11-12-19-6/h14-15,18H,7-13H2,1-6H3. The van der Waals surface area contributed by atoms with Gasteiger partial charge >= 0.3 is 0 Å². The Bertz CT molecular complexity index is 246. The van der Waals surface area contributed by atoms with Crippen LogP contribution in [0.1, 0.15) is 66.7 Å². The van der Waals surface area contributed by atoms with E-state index in [1.54, 1.807) is 7.11 Å². The van der Waals surface area contributed by atoms with Gasteiger partial charge in [-0.05, 0) is 48.9 Å². The highest BCUT2D eigenvalue weighted by Crippen LogP contribution is 2.37. The van der Waals surface area contributed by atoms with Crippen LogP contribution >= 0.6 is 0 Å². The molecule has 1 saturated carbocycles. The summed E-state index contributed by atoms with van der Waals surface area (Å²) in [5.74, 6) is 0.909. The molecule has 2 heteroatoms. The lowest BCUT2D eigenvalue weighted by atomic mass is 9.71. The smallest absolute Gasteiger partial charge is 0.0467 e. The predicted octanol–water partition coefficient (Wildman–Crippen LogP) is 4.24. The van der Waals surface area contributed by atoms with E-state index >= 15 is 0 Å². The highest BCUT2D eigenvalue weighted by atomic mass is 16.5. The molecule has 0 aromatic heterocycles. The monoisotopic (exact) mass is 269 g/mol. The van der Waals surface area contributed by atoms with Crippen LogP contribution in [0.3, 0.4) is 0 Å². The predicted molar refractivity (Wildman–Crippen MR) is 83.5 cm³/mol. The molecule has 0 radical (unpaired) electrons. The van der Waals surface area contributed by atoms with E-state index in [0.717, 1.165) is 31.5 Å². The number of ether oxygens (including phenoxy) is 1. The molecule has 1 fully saturated rings. The van der Waals surface area contributed by atoms with Crippen LogP contribution in [0, 0.1) is 16.7 Å². The fourth-order valence-corrected chi connectivity index (χ4v) is 3.05. The van der Waals surface area contributed by atoms with E-state index in [2.05, 4.69) is 39.9 Å². The largest absolute Gasteiger partial charge is 0.385 e. The maximum absolute atomic E-state index is 5.19. The van der Waals surface area contributed by atoms with Crippen molar-refractivity contribution < 1.29 is 4.74 Å². The molecule has 0 spiro atoms. The molecule has 0 heterocycles. The van der Waals surface area contributed by atoms with Crippen LogP contribution in [0.5, 0.6) is 0 Å². The third-order valence-corrected chi connectivity index (χ3v) is 4.80. The SMILES string of the molecule is COCCC(C)(C)CNC1CCC(C(C)(C)C)CC1. The van der Waals surface area contributed by atoms with Crippen LogP contribution in [0.15, 0.2) is 0 Å². The van der Waals surface area contributed by atoms with Crippen molar-refractivity contribution in [2.24, 2.45) is 16.7 Å². The lowest BCUT2D eigenvalue weighted by molar-refractivity contribution is 0.135. The summed E-state index contributed by atoms with van der Waals surface area (Å²) in [5.41, 5.74) is 0.833. The highest BCUT2D eigenvalue weighted by molar-refractivity contribution is 4.84. The fourth-order valence-electron chi connectivity index (χ4n) is 3.05. The normalized spacial score (nSPS) is 25.6. The average Bonchev–Trinajstić information content (AvgIpc) is 2.34. The summed E-state index contributed by atoms with van der Waals surface area (Å²) in [5, 5.41) is 3.79. The van der Waals surface area contributed by atoms with E-state index in [-0.39, 0.29) is 0 Å². The van der Waals surface area contributed by atoms with Crippen molar-refractivity contribution in [3.63, 3.8) is 0 Å². The number of rotatable bonds is 6. The van der Waals surface area contributed by atoms with Crippen molar-refractivity contribution in [2.75, 3.05) is 20.3 Å². The topological polar surface area (TPSA) is 21.3 Å². The first-order chi connectivity index (χ1) is 8.74. The van der Waals surface area contributed by atoms with Crippen molar-refractivity contribution in [2.45, 2.75) is 72.8 Å². The van der Waals surface area contributed by atoms with E-state index in [4.69, 9.17) is 4.74 Å². The first-order valence-corrected chi connectivity index (χ1v) is 7.97. The van der Waals surface area contributed by atoms with Crippen molar-refractivity contribution in [1.82, 2.24) is 5.32 Å². The Morgan fingerprint density at radius 2 is 1.58 bits per heavy atom. The van der Waals surface area contributed by atoms with Gasteiger partial charge in [0.1, 0.15) is 0 Å². The second-order valence-electron chi connectivity index (χ2n) is 8.20. The summed E-state index contributed by atoms with van der Waals surface area (Å²) in [6.07, 6.45) is 6.61. The van der Waals surface area contributed by atoms with Crippen molar-refractivity contribution in [3.05, 3.63) is 0 Å². The Labute approximate surface area is 120 Å². The van der Waals surface area contributed by atoms with Gasteiger partial charge in [0.05, 0.1) is 0 Å². The van der Waals surface area contributed by atoms with Crippen LogP contribution in [0.25, 0.3) is 0 Å². The Kier molecular flexibility index (Phi) is 6.32. The van der Waals surface area contributed by atoms with Gasteiger partial charge in [-0.15, -0.1) is 0 Å². The maximum Gasteiger partial charge on any atom is 0.0467 e. The summed E-state index contributed by atoms with van der Waals surface area (Å²) in [7, 11) is 1.79. The second kappa shape index (κ2) is 7.08. The average molecular weight is 269 g/mol. The van der Waals surface area contributed by atoms with E-state index in [9.17, 15) is 0 Å². The van der Waals surface area contributed by atoms with Gasteiger partial charge in [0.15, 0.2) is 0 Å². The molecule has 0 aliphatic heterocycles. The van der Waals surface area contributed by atoms with Gasteiger partial charge < -0.3 is 10.1 Å². The van der Waals surface area contributed by atoms with Gasteiger partial charge in [-0.3, -0.25) is 0 Å². The Morgan fingerprint density at radius 3 is 2.05 bits per heavy atom. The molecule has 0 amide bonds. The van der Waals surface area contributed by atoms with Gasteiger partial charge in [-0.2, -0.15) is 0 Å². The summed E-state index contributed by atoms with van der Waals surface area (Å²) in [6, 6.07) is 0.736. The van der Waals surface area contributed by atoms with Crippen LogP contribution < -0.4 is 5.32 Å². The van der Waals surface area contributed by atoms with Crippen molar-refractivity contribution >= 4 is 0 Å². The molecule has 1 rings (SSSR count). The summed E-state index contributed by atoms with van der Waals surface area (Å²) >= 11 is 0. The van der Waals surface area contributed by atoms with Crippen LogP contribution in [-0.4, -0.2) is 26.3 Å². The third-order valence-electron chi connectivity index (χ3n) is 4.80. The lowest BCUT2D eigenvalue weighted by Gasteiger charge is -2.38. The zero-order valence-corrected chi connectivity index (χ0v) is 14.0. The molecule has 0 atom stereocenters. The quantitative estimate of drug-likeness (QED) is 0.778. The Hall–Kier alpha value is -0.0800. The lowest BCUT2D eigenvalue weighted by Crippen LogP contribution is -2.41. The van der Waals surface area contributed by atoms with E-state index in [1.165, 1.54) is 25.7 Å². The van der Waals surface area contributed by atoms with Gasteiger partial charge in [0, 0.05) is 26.3 Å². The number of hydrogen-bond acceptors (Lipinski definition) is 2. The molecule has 114 valence electrons. The van der Waals surface area contributed by atoms with Gasteiger partial charge in [-0.1, -0.05) is 34.6 Å². The van der Waals surface area contributed by atoms with E-state index in [0.29, 0.717) is 10.8 Å². The van der Waals surface area contributed by atoms with E-state index in [1.807, 2.05) is 0 Å². The summed E-state index contributed by atoms with van der Waals surface area (Å²) < 4.78 is 5.19. The van der Waals surface area contributed by atoms with Crippen molar-refractivity contribution in [3.8, 4) is 0 Å². The fraction of sp³-hybridized carbons (Fsp3) is 1.00. The summed E-state index contributed by atoms with van der Waals surface area (Å²) in [4.78, 5) is 0. The molecule has 0 saturated heterocycles. The molecule has 1 aliphatic rings. The molecule has 0 aromatic carbocycles. The molecule has 0 aromatic rings. The maximum atomic E-state index is 5.19. The van der Waals surface area contributed by atoms with Crippen LogP contribution in [-0.2, 0) is 4.74 Å². The van der Waals surface area contributed by atoms with Crippen LogP contribution in [0.2, 0.25) is 0 Å². The molecule has 2 nitrogen and oxygen atoms in total. The molecule has 0 bridgehead atoms. The molecular weight excluding hydrogens is 234 g/mol. The number of methoxy groups -OCH3 is 1. The Balaban J connectivity index is 2.26. The number of nitrogens with one attached hydrogen (secondary N) is 1. The first-order valence-electron chi connectivity index (χ1n) is 7.97. The third kappa shape index (κ3) is 6.27.